The zero-order valence-electron chi connectivity index (χ0n) is 9.64. The summed E-state index contributed by atoms with van der Waals surface area (Å²) < 4.78 is 2.07. The Balaban J connectivity index is 2.91. The van der Waals surface area contributed by atoms with E-state index in [1.54, 1.807) is 6.33 Å². The molecule has 82 valence electrons. The Morgan fingerprint density at radius 1 is 1.53 bits per heavy atom. The fraction of sp³-hybridized carbons (Fsp3) is 0.583. The Bertz CT molecular complexity index is 346. The molecule has 1 aromatic rings. The molecule has 0 aliphatic rings. The van der Waals surface area contributed by atoms with Crippen molar-refractivity contribution in [1.82, 2.24) is 9.55 Å². The van der Waals surface area contributed by atoms with E-state index in [0.29, 0.717) is 12.3 Å². The van der Waals surface area contributed by atoms with Crippen molar-refractivity contribution in [1.29, 1.82) is 0 Å². The molecule has 1 rings (SSSR count). The molecule has 0 aliphatic heterocycles. The predicted molar refractivity (Wildman–Crippen MR) is 62.2 cm³/mol. The van der Waals surface area contributed by atoms with E-state index in [2.05, 4.69) is 36.2 Å². The molecule has 3 heteroatoms. The summed E-state index contributed by atoms with van der Waals surface area (Å²) in [5, 5.41) is 0. The monoisotopic (exact) mass is 205 g/mol. The van der Waals surface area contributed by atoms with Crippen LogP contribution in [0.2, 0.25) is 0 Å². The highest BCUT2D eigenvalue weighted by Crippen LogP contribution is 2.22. The molecule has 3 nitrogen and oxygen atoms in total. The Morgan fingerprint density at radius 3 is 2.73 bits per heavy atom. The molecule has 2 atom stereocenters. The summed E-state index contributed by atoms with van der Waals surface area (Å²) in [5.41, 5.74) is 7.17. The van der Waals surface area contributed by atoms with E-state index in [0.717, 1.165) is 5.69 Å². The average Bonchev–Trinajstić information content (AvgIpc) is 2.65. The largest absolute Gasteiger partial charge is 0.329 e. The van der Waals surface area contributed by atoms with Gasteiger partial charge in [-0.15, -0.1) is 12.3 Å². The van der Waals surface area contributed by atoms with Gasteiger partial charge in [0.25, 0.3) is 0 Å². The van der Waals surface area contributed by atoms with Crippen LogP contribution >= 0.6 is 0 Å². The predicted octanol–water partition coefficient (Wildman–Crippen LogP) is 2.12. The van der Waals surface area contributed by atoms with Gasteiger partial charge in [-0.25, -0.2) is 4.98 Å². The first-order valence-electron chi connectivity index (χ1n) is 5.28. The van der Waals surface area contributed by atoms with E-state index in [4.69, 9.17) is 12.2 Å². The summed E-state index contributed by atoms with van der Waals surface area (Å²) >= 11 is 0. The lowest BCUT2D eigenvalue weighted by atomic mass is 10.0. The van der Waals surface area contributed by atoms with Crippen molar-refractivity contribution in [3.63, 3.8) is 0 Å². The molecule has 2 N–H and O–H groups in total. The van der Waals surface area contributed by atoms with Gasteiger partial charge in [0.05, 0.1) is 12.0 Å². The molecule has 2 unspecified atom stereocenters. The van der Waals surface area contributed by atoms with E-state index in [1.165, 1.54) is 0 Å². The van der Waals surface area contributed by atoms with Gasteiger partial charge in [0.2, 0.25) is 0 Å². The summed E-state index contributed by atoms with van der Waals surface area (Å²) in [5.74, 6) is 3.06. The topological polar surface area (TPSA) is 43.8 Å². The van der Waals surface area contributed by atoms with Gasteiger partial charge in [-0.05, 0) is 12.8 Å². The van der Waals surface area contributed by atoms with Crippen molar-refractivity contribution in [3.8, 4) is 12.3 Å². The van der Waals surface area contributed by atoms with Crippen LogP contribution in [0.5, 0.6) is 0 Å². The minimum atomic E-state index is 0.0210. The van der Waals surface area contributed by atoms with Gasteiger partial charge < -0.3 is 10.3 Å². The first kappa shape index (κ1) is 11.8. The summed E-state index contributed by atoms with van der Waals surface area (Å²) in [6, 6.07) is 0.282. The number of rotatable bonds is 4. The molecule has 0 amide bonds. The van der Waals surface area contributed by atoms with Gasteiger partial charge in [0, 0.05) is 24.7 Å². The molecule has 1 aromatic heterocycles. The van der Waals surface area contributed by atoms with Crippen LogP contribution in [0.25, 0.3) is 0 Å². The van der Waals surface area contributed by atoms with Gasteiger partial charge in [0.15, 0.2) is 0 Å². The zero-order chi connectivity index (χ0) is 11.4. The maximum Gasteiger partial charge on any atom is 0.0951 e. The van der Waals surface area contributed by atoms with Crippen molar-refractivity contribution in [2.24, 2.45) is 11.7 Å². The fourth-order valence-electron chi connectivity index (χ4n) is 1.55. The quantitative estimate of drug-likeness (QED) is 0.765. The highest BCUT2D eigenvalue weighted by molar-refractivity contribution is 5.07. The van der Waals surface area contributed by atoms with Gasteiger partial charge in [-0.2, -0.15) is 0 Å². The second kappa shape index (κ2) is 4.99. The normalized spacial score (nSPS) is 14.9. The lowest BCUT2D eigenvalue weighted by Crippen LogP contribution is -2.21. The molecule has 0 radical (unpaired) electrons. The molecule has 15 heavy (non-hydrogen) atoms. The summed E-state index contributed by atoms with van der Waals surface area (Å²) in [6.45, 7) is 6.29. The molecule has 1 heterocycles. The van der Waals surface area contributed by atoms with Crippen molar-refractivity contribution in [2.75, 3.05) is 0 Å². The van der Waals surface area contributed by atoms with Crippen LogP contribution in [0.1, 0.15) is 45.0 Å². The fourth-order valence-corrected chi connectivity index (χ4v) is 1.55. The lowest BCUT2D eigenvalue weighted by Gasteiger charge is -2.20. The standard InChI is InChI=1S/C12H19N3/c1-5-6-10(4)15-8-14-7-11(15)12(13)9(2)3/h1,7-10,12H,6,13H2,2-4H3. The molecule has 0 saturated carbocycles. The number of aromatic nitrogens is 2. The number of hydrogen-bond acceptors (Lipinski definition) is 2. The molecule has 0 aliphatic carbocycles. The van der Waals surface area contributed by atoms with Crippen LogP contribution in [-0.4, -0.2) is 9.55 Å². The Morgan fingerprint density at radius 2 is 2.20 bits per heavy atom. The summed E-state index contributed by atoms with van der Waals surface area (Å²) in [7, 11) is 0. The van der Waals surface area contributed by atoms with Gasteiger partial charge >= 0.3 is 0 Å². The van der Waals surface area contributed by atoms with Crippen molar-refractivity contribution < 1.29 is 0 Å². The average molecular weight is 205 g/mol. The highest BCUT2D eigenvalue weighted by Gasteiger charge is 2.17. The SMILES string of the molecule is C#CCC(C)n1cncc1C(N)C(C)C. The van der Waals surface area contributed by atoms with Gasteiger partial charge in [-0.1, -0.05) is 13.8 Å². The van der Waals surface area contributed by atoms with E-state index in [-0.39, 0.29) is 12.1 Å². The van der Waals surface area contributed by atoms with Crippen molar-refractivity contribution >= 4 is 0 Å². The van der Waals surface area contributed by atoms with E-state index >= 15 is 0 Å². The van der Waals surface area contributed by atoms with Crippen LogP contribution in [-0.2, 0) is 0 Å². The van der Waals surface area contributed by atoms with Crippen LogP contribution < -0.4 is 5.73 Å². The summed E-state index contributed by atoms with van der Waals surface area (Å²) in [4.78, 5) is 4.14. The third-order valence-corrected chi connectivity index (χ3v) is 2.64. The van der Waals surface area contributed by atoms with Crippen LogP contribution in [0.15, 0.2) is 12.5 Å². The molecule has 0 aromatic carbocycles. The van der Waals surface area contributed by atoms with Crippen LogP contribution in [0.3, 0.4) is 0 Å². The van der Waals surface area contributed by atoms with Crippen molar-refractivity contribution in [3.05, 3.63) is 18.2 Å². The van der Waals surface area contributed by atoms with E-state index < -0.39 is 0 Å². The molecule has 0 saturated heterocycles. The van der Waals surface area contributed by atoms with Gasteiger partial charge in [-0.3, -0.25) is 0 Å². The highest BCUT2D eigenvalue weighted by atomic mass is 15.1. The first-order chi connectivity index (χ1) is 7.07. The second-order valence-corrected chi connectivity index (χ2v) is 4.25. The van der Waals surface area contributed by atoms with Crippen LogP contribution in [0.4, 0.5) is 0 Å². The second-order valence-electron chi connectivity index (χ2n) is 4.25. The zero-order valence-corrected chi connectivity index (χ0v) is 9.64. The van der Waals surface area contributed by atoms with Gasteiger partial charge in [0.1, 0.15) is 0 Å². The number of imidazole rings is 1. The third-order valence-electron chi connectivity index (χ3n) is 2.64. The minimum Gasteiger partial charge on any atom is -0.329 e. The van der Waals surface area contributed by atoms with Crippen LogP contribution in [0, 0.1) is 18.3 Å². The Labute approximate surface area is 91.7 Å². The first-order valence-corrected chi connectivity index (χ1v) is 5.28. The Kier molecular flexibility index (Phi) is 3.93. The van der Waals surface area contributed by atoms with E-state index in [1.807, 2.05) is 6.20 Å². The minimum absolute atomic E-state index is 0.0210. The molecule has 0 fully saturated rings. The molecular weight excluding hydrogens is 186 g/mol. The maximum absolute atomic E-state index is 6.10. The number of nitrogens with zero attached hydrogens (tertiary/aromatic N) is 2. The molecule has 0 spiro atoms. The number of nitrogens with two attached hydrogens (primary N) is 1. The Hall–Kier alpha value is -1.27. The molecular formula is C12H19N3. The summed E-state index contributed by atoms with van der Waals surface area (Å²) in [6.07, 6.45) is 9.65. The molecule has 0 bridgehead atoms. The smallest absolute Gasteiger partial charge is 0.0951 e. The number of terminal acetylenes is 1. The van der Waals surface area contributed by atoms with Crippen molar-refractivity contribution in [2.45, 2.75) is 39.3 Å². The lowest BCUT2D eigenvalue weighted by molar-refractivity contribution is 0.451. The van der Waals surface area contributed by atoms with E-state index in [9.17, 15) is 0 Å². The maximum atomic E-state index is 6.10. The number of hydrogen-bond donors (Lipinski definition) is 1. The third kappa shape index (κ3) is 2.60.